The highest BCUT2D eigenvalue weighted by Gasteiger charge is 1.99. The Hall–Kier alpha value is -2.10. The molecule has 76 valence electrons. The quantitative estimate of drug-likeness (QED) is 0.819. The highest BCUT2D eigenvalue weighted by Crippen LogP contribution is 2.22. The maximum atomic E-state index is 12.5. The van der Waals surface area contributed by atoms with Gasteiger partial charge in [-0.05, 0) is 18.2 Å². The number of rotatable bonds is 2. The molecular weight excluding hydrogens is 197 g/mol. The summed E-state index contributed by atoms with van der Waals surface area (Å²) in [6.45, 7) is 0. The predicted molar refractivity (Wildman–Crippen MR) is 52.4 cm³/mol. The fourth-order valence-corrected chi connectivity index (χ4v) is 1.09. The van der Waals surface area contributed by atoms with Crippen molar-refractivity contribution in [3.8, 4) is 17.4 Å². The van der Waals surface area contributed by atoms with E-state index in [1.807, 2.05) is 0 Å². The number of hydrogen-bond acceptors (Lipinski definition) is 3. The van der Waals surface area contributed by atoms with Crippen molar-refractivity contribution < 1.29 is 14.2 Å². The molecule has 0 radical (unpaired) electrons. The Kier molecular flexibility index (Phi) is 2.49. The number of pyridine rings is 1. The summed E-state index contributed by atoms with van der Waals surface area (Å²) < 4.78 is 17.8. The molecule has 15 heavy (non-hydrogen) atoms. The normalized spacial score (nSPS) is 9.93. The second-order valence-electron chi connectivity index (χ2n) is 2.91. The lowest BCUT2D eigenvalue weighted by Gasteiger charge is -2.03. The molecule has 1 aromatic heterocycles. The number of benzene rings is 1. The summed E-state index contributed by atoms with van der Waals surface area (Å²) in [5, 5.41) is 9.17. The van der Waals surface area contributed by atoms with Crippen LogP contribution in [0.25, 0.3) is 0 Å². The summed E-state index contributed by atoms with van der Waals surface area (Å²) in [6, 6.07) is 8.97. The monoisotopic (exact) mass is 205 g/mol. The first-order valence-corrected chi connectivity index (χ1v) is 4.32. The van der Waals surface area contributed by atoms with Crippen molar-refractivity contribution in [1.29, 1.82) is 0 Å². The van der Waals surface area contributed by atoms with Crippen LogP contribution in [0.2, 0.25) is 0 Å². The fourth-order valence-electron chi connectivity index (χ4n) is 1.09. The molecule has 1 heterocycles. The van der Waals surface area contributed by atoms with Crippen molar-refractivity contribution >= 4 is 0 Å². The minimum Gasteiger partial charge on any atom is -0.508 e. The van der Waals surface area contributed by atoms with E-state index in [9.17, 15) is 9.50 Å². The minimum absolute atomic E-state index is 0.106. The van der Waals surface area contributed by atoms with Gasteiger partial charge in [0.2, 0.25) is 5.88 Å². The zero-order valence-electron chi connectivity index (χ0n) is 7.72. The third kappa shape index (κ3) is 2.43. The fraction of sp³-hybridized carbons (Fsp3) is 0. The van der Waals surface area contributed by atoms with E-state index in [1.54, 1.807) is 12.1 Å². The zero-order chi connectivity index (χ0) is 10.7. The van der Waals surface area contributed by atoms with Crippen molar-refractivity contribution in [2.45, 2.75) is 0 Å². The first-order chi connectivity index (χ1) is 7.24. The molecule has 0 aliphatic heterocycles. The van der Waals surface area contributed by atoms with Crippen molar-refractivity contribution in [2.24, 2.45) is 0 Å². The number of halogens is 1. The Morgan fingerprint density at radius 3 is 2.73 bits per heavy atom. The van der Waals surface area contributed by atoms with Crippen molar-refractivity contribution in [2.75, 3.05) is 0 Å². The largest absolute Gasteiger partial charge is 0.508 e. The van der Waals surface area contributed by atoms with Crippen LogP contribution in [0.5, 0.6) is 17.4 Å². The Labute approximate surface area is 85.8 Å². The van der Waals surface area contributed by atoms with Crippen LogP contribution < -0.4 is 4.74 Å². The molecule has 0 unspecified atom stereocenters. The molecule has 2 aromatic rings. The van der Waals surface area contributed by atoms with Gasteiger partial charge in [-0.3, -0.25) is 0 Å². The van der Waals surface area contributed by atoms with Crippen LogP contribution in [0.3, 0.4) is 0 Å². The van der Waals surface area contributed by atoms with E-state index < -0.39 is 5.82 Å². The summed E-state index contributed by atoms with van der Waals surface area (Å²) in [5.74, 6) is 0.420. The maximum absolute atomic E-state index is 12.5. The first-order valence-electron chi connectivity index (χ1n) is 4.32. The molecule has 3 nitrogen and oxygen atoms in total. The van der Waals surface area contributed by atoms with Gasteiger partial charge >= 0.3 is 0 Å². The van der Waals surface area contributed by atoms with Gasteiger partial charge in [-0.15, -0.1) is 0 Å². The number of phenols is 1. The van der Waals surface area contributed by atoms with Gasteiger partial charge < -0.3 is 9.84 Å². The van der Waals surface area contributed by atoms with E-state index in [0.717, 1.165) is 6.20 Å². The molecule has 4 heteroatoms. The molecule has 2 rings (SSSR count). The molecule has 0 saturated heterocycles. The average Bonchev–Trinajstić information content (AvgIpc) is 2.22. The van der Waals surface area contributed by atoms with Crippen molar-refractivity contribution in [1.82, 2.24) is 4.98 Å². The van der Waals surface area contributed by atoms with Gasteiger partial charge in [0.1, 0.15) is 17.3 Å². The van der Waals surface area contributed by atoms with E-state index in [1.165, 1.54) is 24.3 Å². The van der Waals surface area contributed by atoms with Crippen molar-refractivity contribution in [3.63, 3.8) is 0 Å². The highest BCUT2D eigenvalue weighted by molar-refractivity contribution is 5.34. The second-order valence-corrected chi connectivity index (χ2v) is 2.91. The first kappa shape index (κ1) is 9.45. The molecule has 0 atom stereocenters. The summed E-state index contributed by atoms with van der Waals surface area (Å²) >= 11 is 0. The molecular formula is C11H8FNO2. The number of aromatic nitrogens is 1. The third-order valence-electron chi connectivity index (χ3n) is 1.74. The van der Waals surface area contributed by atoms with Crippen LogP contribution >= 0.6 is 0 Å². The summed E-state index contributed by atoms with van der Waals surface area (Å²) in [4.78, 5) is 3.72. The number of ether oxygens (including phenoxy) is 1. The molecule has 1 N–H and O–H groups in total. The maximum Gasteiger partial charge on any atom is 0.219 e. The van der Waals surface area contributed by atoms with Gasteiger partial charge in [-0.25, -0.2) is 9.37 Å². The number of nitrogens with zero attached hydrogens (tertiary/aromatic N) is 1. The van der Waals surface area contributed by atoms with Gasteiger partial charge in [0.25, 0.3) is 0 Å². The minimum atomic E-state index is -0.418. The lowest BCUT2D eigenvalue weighted by molar-refractivity contribution is 0.443. The molecule has 1 aromatic carbocycles. The van der Waals surface area contributed by atoms with E-state index in [0.29, 0.717) is 5.75 Å². The Morgan fingerprint density at radius 1 is 1.20 bits per heavy atom. The number of hydrogen-bond donors (Lipinski definition) is 1. The molecule has 0 spiro atoms. The lowest BCUT2D eigenvalue weighted by Crippen LogP contribution is -1.87. The summed E-state index contributed by atoms with van der Waals surface area (Å²) in [7, 11) is 0. The van der Waals surface area contributed by atoms with Crippen LogP contribution in [-0.4, -0.2) is 10.1 Å². The van der Waals surface area contributed by atoms with Crippen LogP contribution in [0.1, 0.15) is 0 Å². The second kappa shape index (κ2) is 3.96. The molecule has 0 aliphatic rings. The van der Waals surface area contributed by atoms with Crippen LogP contribution in [0.15, 0.2) is 42.6 Å². The predicted octanol–water partition coefficient (Wildman–Crippen LogP) is 2.72. The molecule has 0 saturated carbocycles. The zero-order valence-corrected chi connectivity index (χ0v) is 7.72. The highest BCUT2D eigenvalue weighted by atomic mass is 19.1. The van der Waals surface area contributed by atoms with E-state index in [-0.39, 0.29) is 11.6 Å². The van der Waals surface area contributed by atoms with Gasteiger partial charge in [0.15, 0.2) is 0 Å². The molecule has 0 bridgehead atoms. The van der Waals surface area contributed by atoms with Crippen LogP contribution in [0.4, 0.5) is 4.39 Å². The smallest absolute Gasteiger partial charge is 0.219 e. The number of phenolic OH excluding ortho intramolecular Hbond substituents is 1. The van der Waals surface area contributed by atoms with Gasteiger partial charge in [0.05, 0.1) is 6.20 Å². The van der Waals surface area contributed by atoms with Crippen LogP contribution in [-0.2, 0) is 0 Å². The van der Waals surface area contributed by atoms with Gasteiger partial charge in [-0.1, -0.05) is 6.07 Å². The summed E-state index contributed by atoms with van der Waals surface area (Å²) in [5.41, 5.74) is 0. The van der Waals surface area contributed by atoms with E-state index in [4.69, 9.17) is 4.74 Å². The van der Waals surface area contributed by atoms with Crippen LogP contribution in [0, 0.1) is 5.82 Å². The standard InChI is InChI=1S/C11H8FNO2/c12-8-4-5-11(13-7-8)15-10-3-1-2-9(14)6-10/h1-7,14H. The Balaban J connectivity index is 2.18. The Morgan fingerprint density at radius 2 is 2.07 bits per heavy atom. The molecule has 0 aliphatic carbocycles. The Bertz CT molecular complexity index is 456. The topological polar surface area (TPSA) is 42.4 Å². The van der Waals surface area contributed by atoms with Gasteiger partial charge in [0, 0.05) is 12.1 Å². The van der Waals surface area contributed by atoms with Gasteiger partial charge in [-0.2, -0.15) is 0 Å². The summed E-state index contributed by atoms with van der Waals surface area (Å²) in [6.07, 6.45) is 1.07. The third-order valence-corrected chi connectivity index (χ3v) is 1.74. The van der Waals surface area contributed by atoms with E-state index in [2.05, 4.69) is 4.98 Å². The molecule has 0 amide bonds. The SMILES string of the molecule is Oc1cccc(Oc2ccc(F)cn2)c1. The molecule has 0 fully saturated rings. The lowest BCUT2D eigenvalue weighted by atomic mass is 10.3. The van der Waals surface area contributed by atoms with E-state index >= 15 is 0 Å². The number of aromatic hydroxyl groups is 1. The average molecular weight is 205 g/mol. The van der Waals surface area contributed by atoms with Crippen molar-refractivity contribution in [3.05, 3.63) is 48.4 Å².